The van der Waals surface area contributed by atoms with Crippen molar-refractivity contribution >= 4 is 12.3 Å². The van der Waals surface area contributed by atoms with Crippen molar-refractivity contribution in [1.29, 1.82) is 0 Å². The van der Waals surface area contributed by atoms with Gasteiger partial charge in [-0.25, -0.2) is 0 Å². The number of carbonyl (C=O) groups excluding carboxylic acids is 1. The first-order valence-electron chi connectivity index (χ1n) is 3.57. The van der Waals surface area contributed by atoms with E-state index in [-0.39, 0.29) is 12.8 Å². The van der Waals surface area contributed by atoms with Gasteiger partial charge in [-0.1, -0.05) is 0 Å². The number of carboxylic acid groups (broad SMARTS) is 1. The maximum absolute atomic E-state index is 10.0. The highest BCUT2D eigenvalue weighted by molar-refractivity contribution is 5.67. The Morgan fingerprint density at radius 2 is 1.92 bits per heavy atom. The van der Waals surface area contributed by atoms with E-state index in [0.717, 1.165) is 0 Å². The summed E-state index contributed by atoms with van der Waals surface area (Å²) in [6.45, 7) is 0. The third kappa shape index (κ3) is 5.82. The van der Waals surface area contributed by atoms with E-state index >= 15 is 0 Å². The van der Waals surface area contributed by atoms with Gasteiger partial charge in [0.2, 0.25) is 0 Å². The van der Waals surface area contributed by atoms with Crippen LogP contribution < -0.4 is 0 Å². The summed E-state index contributed by atoms with van der Waals surface area (Å²) in [6, 6.07) is 0. The van der Waals surface area contributed by atoms with Crippen molar-refractivity contribution < 1.29 is 24.9 Å². The van der Waals surface area contributed by atoms with E-state index in [1.165, 1.54) is 0 Å². The first-order chi connectivity index (χ1) is 5.56. The fraction of sp³-hybridized carbons (Fsp3) is 0.714. The lowest BCUT2D eigenvalue weighted by Gasteiger charge is -2.10. The number of rotatable bonds is 6. The molecule has 0 fully saturated rings. The van der Waals surface area contributed by atoms with Crippen LogP contribution >= 0.6 is 0 Å². The average molecular weight is 176 g/mol. The summed E-state index contributed by atoms with van der Waals surface area (Å²) in [5.74, 6) is -1.12. The molecule has 0 heterocycles. The van der Waals surface area contributed by atoms with Crippen molar-refractivity contribution in [3.63, 3.8) is 0 Å². The molecule has 12 heavy (non-hydrogen) atoms. The third-order valence-electron chi connectivity index (χ3n) is 1.32. The Morgan fingerprint density at radius 3 is 2.33 bits per heavy atom. The van der Waals surface area contributed by atoms with Crippen molar-refractivity contribution in [3.05, 3.63) is 0 Å². The zero-order chi connectivity index (χ0) is 9.56. The molecule has 0 rings (SSSR count). The molecule has 0 amide bonds. The molecule has 0 bridgehead atoms. The average Bonchev–Trinajstić information content (AvgIpc) is 1.84. The molecule has 0 saturated heterocycles. The van der Waals surface area contributed by atoms with Crippen LogP contribution in [-0.4, -0.2) is 39.8 Å². The summed E-state index contributed by atoms with van der Waals surface area (Å²) in [7, 11) is 0. The lowest BCUT2D eigenvalue weighted by atomic mass is 10.1. The standard InChI is InChI=1S/C7H12O5/c8-2-1-5(9)3-6(10)4-7(11)12/h2,5-6,9-10H,1,3-4H2,(H,11,12). The second-order valence-electron chi connectivity index (χ2n) is 2.54. The minimum atomic E-state index is -1.12. The maximum Gasteiger partial charge on any atom is 0.305 e. The Kier molecular flexibility index (Phi) is 5.23. The molecule has 5 heteroatoms. The zero-order valence-corrected chi connectivity index (χ0v) is 6.51. The van der Waals surface area contributed by atoms with Crippen molar-refractivity contribution in [2.75, 3.05) is 0 Å². The molecule has 2 atom stereocenters. The van der Waals surface area contributed by atoms with Crippen LogP contribution in [0.4, 0.5) is 0 Å². The molecule has 0 aromatic rings. The number of carboxylic acids is 1. The summed E-state index contributed by atoms with van der Waals surface area (Å²) in [5.41, 5.74) is 0. The van der Waals surface area contributed by atoms with Gasteiger partial charge in [-0.15, -0.1) is 0 Å². The minimum Gasteiger partial charge on any atom is -0.481 e. The number of aliphatic carboxylic acids is 1. The van der Waals surface area contributed by atoms with E-state index in [1.54, 1.807) is 0 Å². The van der Waals surface area contributed by atoms with E-state index in [0.29, 0.717) is 6.29 Å². The van der Waals surface area contributed by atoms with Gasteiger partial charge in [0, 0.05) is 12.8 Å². The molecular formula is C7H12O5. The van der Waals surface area contributed by atoms with Crippen LogP contribution in [0, 0.1) is 0 Å². The quantitative estimate of drug-likeness (QED) is 0.459. The molecule has 0 aromatic carbocycles. The predicted molar refractivity (Wildman–Crippen MR) is 39.6 cm³/mol. The van der Waals surface area contributed by atoms with Gasteiger partial charge in [-0.3, -0.25) is 4.79 Å². The van der Waals surface area contributed by atoms with Gasteiger partial charge in [0.15, 0.2) is 0 Å². The Bertz CT molecular complexity index is 156. The van der Waals surface area contributed by atoms with Gasteiger partial charge in [0.1, 0.15) is 6.29 Å². The number of hydrogen-bond donors (Lipinski definition) is 3. The van der Waals surface area contributed by atoms with Crippen molar-refractivity contribution in [2.24, 2.45) is 0 Å². The van der Waals surface area contributed by atoms with Crippen molar-refractivity contribution in [3.8, 4) is 0 Å². The van der Waals surface area contributed by atoms with Crippen LogP contribution in [0.5, 0.6) is 0 Å². The van der Waals surface area contributed by atoms with Gasteiger partial charge in [0.05, 0.1) is 18.6 Å². The van der Waals surface area contributed by atoms with Gasteiger partial charge < -0.3 is 20.1 Å². The number of carbonyl (C=O) groups is 2. The SMILES string of the molecule is O=CCC(O)CC(O)CC(=O)O. The fourth-order valence-corrected chi connectivity index (χ4v) is 0.806. The highest BCUT2D eigenvalue weighted by atomic mass is 16.4. The maximum atomic E-state index is 10.0. The van der Waals surface area contributed by atoms with Gasteiger partial charge in [-0.2, -0.15) is 0 Å². The van der Waals surface area contributed by atoms with E-state index in [1.807, 2.05) is 0 Å². The molecule has 0 spiro atoms. The summed E-state index contributed by atoms with van der Waals surface area (Å²) in [5, 5.41) is 26.1. The molecule has 2 unspecified atom stereocenters. The Hall–Kier alpha value is -0.940. The molecule has 3 N–H and O–H groups in total. The normalized spacial score (nSPS) is 15.2. The number of hydrogen-bond acceptors (Lipinski definition) is 4. The van der Waals surface area contributed by atoms with Crippen molar-refractivity contribution in [1.82, 2.24) is 0 Å². The smallest absolute Gasteiger partial charge is 0.305 e. The Labute approximate surface area is 69.6 Å². The molecule has 0 aliphatic rings. The van der Waals surface area contributed by atoms with Crippen LogP contribution in [0.15, 0.2) is 0 Å². The van der Waals surface area contributed by atoms with Crippen LogP contribution in [0.25, 0.3) is 0 Å². The summed E-state index contributed by atoms with van der Waals surface area (Å²) in [4.78, 5) is 19.9. The van der Waals surface area contributed by atoms with Crippen LogP contribution in [-0.2, 0) is 9.59 Å². The van der Waals surface area contributed by atoms with Gasteiger partial charge in [-0.05, 0) is 0 Å². The second kappa shape index (κ2) is 5.68. The molecular weight excluding hydrogens is 164 g/mol. The molecule has 0 saturated carbocycles. The van der Waals surface area contributed by atoms with Crippen LogP contribution in [0.2, 0.25) is 0 Å². The van der Waals surface area contributed by atoms with Gasteiger partial charge >= 0.3 is 5.97 Å². The molecule has 5 nitrogen and oxygen atoms in total. The monoisotopic (exact) mass is 176 g/mol. The Morgan fingerprint density at radius 1 is 1.33 bits per heavy atom. The fourth-order valence-electron chi connectivity index (χ4n) is 0.806. The first-order valence-corrected chi connectivity index (χ1v) is 3.57. The second-order valence-corrected chi connectivity index (χ2v) is 2.54. The number of aldehydes is 1. The highest BCUT2D eigenvalue weighted by Crippen LogP contribution is 2.04. The van der Waals surface area contributed by atoms with Crippen molar-refractivity contribution in [2.45, 2.75) is 31.5 Å². The van der Waals surface area contributed by atoms with E-state index in [2.05, 4.69) is 0 Å². The van der Waals surface area contributed by atoms with Crippen LogP contribution in [0.3, 0.4) is 0 Å². The third-order valence-corrected chi connectivity index (χ3v) is 1.32. The zero-order valence-electron chi connectivity index (χ0n) is 6.51. The number of aliphatic hydroxyl groups excluding tert-OH is 2. The Balaban J connectivity index is 3.59. The number of aliphatic hydroxyl groups is 2. The van der Waals surface area contributed by atoms with Crippen LogP contribution in [0.1, 0.15) is 19.3 Å². The van der Waals surface area contributed by atoms with E-state index in [9.17, 15) is 9.59 Å². The lowest BCUT2D eigenvalue weighted by molar-refractivity contribution is -0.139. The molecule has 0 radical (unpaired) electrons. The summed E-state index contributed by atoms with van der Waals surface area (Å²) < 4.78 is 0. The largest absolute Gasteiger partial charge is 0.481 e. The summed E-state index contributed by atoms with van der Waals surface area (Å²) >= 11 is 0. The minimum absolute atomic E-state index is 0.0727. The highest BCUT2D eigenvalue weighted by Gasteiger charge is 2.14. The predicted octanol–water partition coefficient (Wildman–Crippen LogP) is -0.838. The molecule has 0 aromatic heterocycles. The lowest BCUT2D eigenvalue weighted by Crippen LogP contribution is -2.20. The summed E-state index contributed by atoms with van der Waals surface area (Å²) in [6.07, 6.45) is -2.07. The molecule has 70 valence electrons. The van der Waals surface area contributed by atoms with Gasteiger partial charge in [0.25, 0.3) is 0 Å². The topological polar surface area (TPSA) is 94.8 Å². The first kappa shape index (κ1) is 11.1. The molecule has 0 aliphatic carbocycles. The van der Waals surface area contributed by atoms with E-state index in [4.69, 9.17) is 15.3 Å². The molecule has 0 aliphatic heterocycles. The van der Waals surface area contributed by atoms with E-state index < -0.39 is 24.6 Å².